The number of hydrogen-bond acceptors (Lipinski definition) is 5. The van der Waals surface area contributed by atoms with Crippen LogP contribution in [0.3, 0.4) is 0 Å². The summed E-state index contributed by atoms with van der Waals surface area (Å²) in [6.45, 7) is 0. The summed E-state index contributed by atoms with van der Waals surface area (Å²) >= 11 is 0. The molecule has 1 atom stereocenters. The van der Waals surface area contributed by atoms with Gasteiger partial charge in [0.2, 0.25) is 0 Å². The number of nitrogens with two attached hydrogens (primary N) is 1. The topological polar surface area (TPSA) is 86.5 Å². The normalized spacial score (nSPS) is 13.2. The molecule has 0 spiro atoms. The summed E-state index contributed by atoms with van der Waals surface area (Å²) in [5.74, 6) is 0.894. The second-order valence-corrected chi connectivity index (χ2v) is 7.83. The molecular formula is C11H17NO4S2. The Balaban J connectivity index is 2.70. The van der Waals surface area contributed by atoms with Crippen molar-refractivity contribution in [2.75, 3.05) is 30.6 Å². The Labute approximate surface area is 110 Å². The Kier molecular flexibility index (Phi) is 5.15. The quantitative estimate of drug-likeness (QED) is 0.774. The molecule has 0 aliphatic rings. The molecule has 1 aromatic carbocycles. The molecule has 0 aromatic heterocycles. The van der Waals surface area contributed by atoms with Crippen LogP contribution in [0.2, 0.25) is 0 Å². The van der Waals surface area contributed by atoms with Crippen LogP contribution in [0.4, 0.5) is 5.69 Å². The average Bonchev–Trinajstić information content (AvgIpc) is 2.28. The maximum Gasteiger partial charge on any atom is 0.148 e. The minimum atomic E-state index is -3.08. The zero-order chi connectivity index (χ0) is 13.8. The molecule has 0 amide bonds. The minimum Gasteiger partial charge on any atom is -0.496 e. The lowest BCUT2D eigenvalue weighted by molar-refractivity contribution is 0.411. The third-order valence-corrected chi connectivity index (χ3v) is 4.81. The van der Waals surface area contributed by atoms with Gasteiger partial charge < -0.3 is 10.5 Å². The van der Waals surface area contributed by atoms with Crippen LogP contribution in [0.1, 0.15) is 5.56 Å². The predicted octanol–water partition coefficient (Wildman–Crippen LogP) is 0.571. The molecule has 102 valence electrons. The van der Waals surface area contributed by atoms with Crippen LogP contribution >= 0.6 is 0 Å². The van der Waals surface area contributed by atoms with Gasteiger partial charge in [-0.1, -0.05) is 6.07 Å². The number of benzene rings is 1. The van der Waals surface area contributed by atoms with Gasteiger partial charge >= 0.3 is 0 Å². The van der Waals surface area contributed by atoms with Gasteiger partial charge in [-0.2, -0.15) is 0 Å². The van der Waals surface area contributed by atoms with Crippen molar-refractivity contribution in [2.45, 2.75) is 5.75 Å². The Hall–Kier alpha value is -1.08. The summed E-state index contributed by atoms with van der Waals surface area (Å²) in [6, 6.07) is 5.10. The summed E-state index contributed by atoms with van der Waals surface area (Å²) < 4.78 is 38.9. The fraction of sp³-hybridized carbons (Fsp3) is 0.455. The van der Waals surface area contributed by atoms with Crippen molar-refractivity contribution < 1.29 is 17.4 Å². The van der Waals surface area contributed by atoms with Crippen LogP contribution in [0, 0.1) is 0 Å². The minimum absolute atomic E-state index is 0.0725. The number of nitrogen functional groups attached to an aromatic ring is 1. The molecule has 18 heavy (non-hydrogen) atoms. The summed E-state index contributed by atoms with van der Waals surface area (Å²) in [5.41, 5.74) is 6.94. The molecule has 5 nitrogen and oxygen atoms in total. The third-order valence-electron chi connectivity index (χ3n) is 2.31. The molecule has 0 fully saturated rings. The number of sulfone groups is 1. The van der Waals surface area contributed by atoms with Gasteiger partial charge in [-0.05, 0) is 6.07 Å². The molecule has 1 aromatic rings. The highest BCUT2D eigenvalue weighted by atomic mass is 32.2. The van der Waals surface area contributed by atoms with Crippen LogP contribution in [-0.4, -0.2) is 37.5 Å². The molecule has 0 heterocycles. The van der Waals surface area contributed by atoms with Crippen molar-refractivity contribution in [1.29, 1.82) is 0 Å². The number of rotatable bonds is 6. The van der Waals surface area contributed by atoms with Crippen molar-refractivity contribution in [2.24, 2.45) is 0 Å². The summed E-state index contributed by atoms with van der Waals surface area (Å²) in [7, 11) is -2.80. The van der Waals surface area contributed by atoms with Crippen molar-refractivity contribution in [3.8, 4) is 5.75 Å². The van der Waals surface area contributed by atoms with Crippen LogP contribution in [0.5, 0.6) is 5.75 Å². The number of anilines is 1. The van der Waals surface area contributed by atoms with Gasteiger partial charge in [0, 0.05) is 40.1 Å². The Bertz CT molecular complexity index is 540. The first kappa shape index (κ1) is 15.0. The van der Waals surface area contributed by atoms with E-state index in [1.807, 2.05) is 0 Å². The highest BCUT2D eigenvalue weighted by Gasteiger charge is 2.10. The van der Waals surface area contributed by atoms with Crippen LogP contribution < -0.4 is 10.5 Å². The van der Waals surface area contributed by atoms with E-state index in [0.717, 1.165) is 11.8 Å². The number of methoxy groups -OCH3 is 1. The molecule has 0 saturated carbocycles. The van der Waals surface area contributed by atoms with E-state index >= 15 is 0 Å². The van der Waals surface area contributed by atoms with Crippen LogP contribution in [-0.2, 0) is 26.4 Å². The first-order valence-electron chi connectivity index (χ1n) is 5.27. The SMILES string of the molecule is COc1cc(N)ccc1CS(=O)CCS(C)(=O)=O. The number of hydrogen-bond donors (Lipinski definition) is 1. The molecule has 0 bridgehead atoms. The second-order valence-electron chi connectivity index (χ2n) is 3.99. The highest BCUT2D eigenvalue weighted by Crippen LogP contribution is 2.22. The van der Waals surface area contributed by atoms with Gasteiger partial charge in [0.25, 0.3) is 0 Å². The van der Waals surface area contributed by atoms with Gasteiger partial charge in [0.05, 0.1) is 18.6 Å². The highest BCUT2D eigenvalue weighted by molar-refractivity contribution is 7.92. The molecule has 2 N–H and O–H groups in total. The van der Waals surface area contributed by atoms with E-state index < -0.39 is 20.6 Å². The molecule has 1 rings (SSSR count). The standard InChI is InChI=1S/C11H17NO4S2/c1-16-11-7-10(12)4-3-9(11)8-17(13)5-6-18(2,14)15/h3-4,7H,5-6,8,12H2,1-2H3. The fourth-order valence-corrected chi connectivity index (χ4v) is 4.05. The van der Waals surface area contributed by atoms with Gasteiger partial charge in [0.1, 0.15) is 15.6 Å². The van der Waals surface area contributed by atoms with Gasteiger partial charge in [-0.3, -0.25) is 4.21 Å². The first-order valence-corrected chi connectivity index (χ1v) is 8.82. The van der Waals surface area contributed by atoms with Crippen molar-refractivity contribution in [3.63, 3.8) is 0 Å². The largest absolute Gasteiger partial charge is 0.496 e. The Morgan fingerprint density at radius 2 is 2.06 bits per heavy atom. The monoisotopic (exact) mass is 291 g/mol. The summed E-state index contributed by atoms with van der Waals surface area (Å²) in [4.78, 5) is 0. The molecule has 0 aliphatic carbocycles. The van der Waals surface area contributed by atoms with E-state index in [4.69, 9.17) is 10.5 Å². The van der Waals surface area contributed by atoms with Crippen LogP contribution in [0.15, 0.2) is 18.2 Å². The van der Waals surface area contributed by atoms with Gasteiger partial charge in [-0.15, -0.1) is 0 Å². The Morgan fingerprint density at radius 3 is 2.61 bits per heavy atom. The van der Waals surface area contributed by atoms with Crippen molar-refractivity contribution in [3.05, 3.63) is 23.8 Å². The second kappa shape index (κ2) is 6.19. The predicted molar refractivity (Wildman–Crippen MR) is 73.8 cm³/mol. The van der Waals surface area contributed by atoms with E-state index in [9.17, 15) is 12.6 Å². The Morgan fingerprint density at radius 1 is 1.39 bits per heavy atom. The van der Waals surface area contributed by atoms with E-state index in [0.29, 0.717) is 11.4 Å². The molecule has 0 radical (unpaired) electrons. The lowest BCUT2D eigenvalue weighted by Crippen LogP contribution is -2.13. The molecule has 0 saturated heterocycles. The lowest BCUT2D eigenvalue weighted by atomic mass is 10.2. The summed E-state index contributed by atoms with van der Waals surface area (Å²) in [6.07, 6.45) is 1.13. The lowest BCUT2D eigenvalue weighted by Gasteiger charge is -2.09. The molecule has 7 heteroatoms. The van der Waals surface area contributed by atoms with Crippen LogP contribution in [0.25, 0.3) is 0 Å². The van der Waals surface area contributed by atoms with E-state index in [-0.39, 0.29) is 17.3 Å². The molecule has 1 unspecified atom stereocenters. The molecule has 0 aliphatic heterocycles. The third kappa shape index (κ3) is 5.05. The van der Waals surface area contributed by atoms with Crippen molar-refractivity contribution >= 4 is 26.3 Å². The maximum atomic E-state index is 11.8. The van der Waals surface area contributed by atoms with Gasteiger partial charge in [-0.25, -0.2) is 8.42 Å². The number of ether oxygens (including phenoxy) is 1. The van der Waals surface area contributed by atoms with E-state index in [1.165, 1.54) is 7.11 Å². The zero-order valence-electron chi connectivity index (χ0n) is 10.4. The van der Waals surface area contributed by atoms with Crippen molar-refractivity contribution in [1.82, 2.24) is 0 Å². The smallest absolute Gasteiger partial charge is 0.148 e. The van der Waals surface area contributed by atoms with E-state index in [1.54, 1.807) is 18.2 Å². The summed E-state index contributed by atoms with van der Waals surface area (Å²) in [5, 5.41) is 0. The van der Waals surface area contributed by atoms with Gasteiger partial charge in [0.15, 0.2) is 0 Å². The maximum absolute atomic E-state index is 11.8. The first-order chi connectivity index (χ1) is 8.31. The fourth-order valence-electron chi connectivity index (χ4n) is 1.37. The van der Waals surface area contributed by atoms with E-state index in [2.05, 4.69) is 0 Å². The zero-order valence-corrected chi connectivity index (χ0v) is 12.0. The molecular weight excluding hydrogens is 274 g/mol. The average molecular weight is 291 g/mol.